The van der Waals surface area contributed by atoms with E-state index in [1.807, 2.05) is 5.38 Å². The van der Waals surface area contributed by atoms with Crippen LogP contribution in [-0.4, -0.2) is 12.9 Å². The maximum atomic E-state index is 12.2. The van der Waals surface area contributed by atoms with Gasteiger partial charge < -0.3 is 4.74 Å². The van der Waals surface area contributed by atoms with Crippen molar-refractivity contribution in [3.8, 4) is 5.75 Å². The highest BCUT2D eigenvalue weighted by Gasteiger charge is 2.16. The summed E-state index contributed by atoms with van der Waals surface area (Å²) in [6.45, 7) is 0. The number of methoxy groups -OCH3 is 1. The second-order valence-corrected chi connectivity index (χ2v) is 5.01. The van der Waals surface area contributed by atoms with E-state index >= 15 is 0 Å². The minimum absolute atomic E-state index is 0.115. The number of thiophene rings is 1. The summed E-state index contributed by atoms with van der Waals surface area (Å²) in [5, 5.41) is 2.61. The first-order valence-corrected chi connectivity index (χ1v) is 6.38. The van der Waals surface area contributed by atoms with Gasteiger partial charge in [0.1, 0.15) is 10.6 Å². The van der Waals surface area contributed by atoms with Crippen molar-refractivity contribution in [1.29, 1.82) is 0 Å². The molecule has 0 aliphatic rings. The normalized spacial score (nSPS) is 10.3. The number of rotatable bonds is 3. The number of ether oxygens (including phenoxy) is 1. The van der Waals surface area contributed by atoms with Crippen LogP contribution in [-0.2, 0) is 0 Å². The van der Waals surface area contributed by atoms with E-state index in [0.29, 0.717) is 26.2 Å². The first-order valence-electron chi connectivity index (χ1n) is 4.74. The molecule has 0 unspecified atom stereocenters. The van der Waals surface area contributed by atoms with Crippen molar-refractivity contribution in [3.05, 3.63) is 50.1 Å². The molecule has 5 heteroatoms. The number of carbonyl (C=O) groups is 1. The topological polar surface area (TPSA) is 26.3 Å². The first kappa shape index (κ1) is 12.4. The van der Waals surface area contributed by atoms with Gasteiger partial charge in [-0.25, -0.2) is 0 Å². The van der Waals surface area contributed by atoms with Gasteiger partial charge in [-0.2, -0.15) is 0 Å². The molecule has 0 bridgehead atoms. The monoisotopic (exact) mass is 286 g/mol. The van der Waals surface area contributed by atoms with E-state index in [9.17, 15) is 4.79 Å². The molecule has 0 radical (unpaired) electrons. The van der Waals surface area contributed by atoms with E-state index < -0.39 is 0 Å². The van der Waals surface area contributed by atoms with Crippen LogP contribution in [0.3, 0.4) is 0 Å². The van der Waals surface area contributed by atoms with Gasteiger partial charge in [0.15, 0.2) is 0 Å². The average Bonchev–Trinajstić information content (AvgIpc) is 2.80. The number of ketones is 1. The number of hydrogen-bond donors (Lipinski definition) is 0. The number of halogens is 2. The molecule has 0 N–H and O–H groups in total. The zero-order valence-electron chi connectivity index (χ0n) is 8.87. The Morgan fingerprint density at radius 1 is 1.24 bits per heavy atom. The highest BCUT2D eigenvalue weighted by atomic mass is 35.5. The molecule has 2 nitrogen and oxygen atoms in total. The molecule has 1 aromatic heterocycles. The predicted molar refractivity (Wildman–Crippen MR) is 70.8 cm³/mol. The Balaban J connectivity index is 2.40. The van der Waals surface area contributed by atoms with Crippen molar-refractivity contribution in [3.63, 3.8) is 0 Å². The lowest BCUT2D eigenvalue weighted by Crippen LogP contribution is -2.00. The Labute approximate surface area is 113 Å². The molecule has 0 saturated carbocycles. The second kappa shape index (κ2) is 5.08. The highest BCUT2D eigenvalue weighted by molar-refractivity contribution is 7.12. The molecule has 0 aliphatic carbocycles. The van der Waals surface area contributed by atoms with Crippen molar-refractivity contribution >= 4 is 40.3 Å². The van der Waals surface area contributed by atoms with Gasteiger partial charge in [-0.15, -0.1) is 11.3 Å². The van der Waals surface area contributed by atoms with Crippen LogP contribution < -0.4 is 4.74 Å². The van der Waals surface area contributed by atoms with Crippen molar-refractivity contribution < 1.29 is 9.53 Å². The van der Waals surface area contributed by atoms with E-state index in [2.05, 4.69) is 0 Å². The van der Waals surface area contributed by atoms with Crippen molar-refractivity contribution in [1.82, 2.24) is 0 Å². The molecular formula is C12H8Cl2O2S. The molecule has 88 valence electrons. The molecule has 0 fully saturated rings. The zero-order chi connectivity index (χ0) is 12.4. The summed E-state index contributed by atoms with van der Waals surface area (Å²) in [7, 11) is 1.54. The molecule has 1 heterocycles. The summed E-state index contributed by atoms with van der Waals surface area (Å²) in [5.41, 5.74) is 0.500. The van der Waals surface area contributed by atoms with Gasteiger partial charge in [-0.1, -0.05) is 23.2 Å². The lowest BCUT2D eigenvalue weighted by atomic mass is 10.1. The Morgan fingerprint density at radius 3 is 2.65 bits per heavy atom. The van der Waals surface area contributed by atoms with Gasteiger partial charge in [0, 0.05) is 5.56 Å². The first-order chi connectivity index (χ1) is 8.13. The van der Waals surface area contributed by atoms with Crippen LogP contribution in [0.1, 0.15) is 15.2 Å². The molecule has 2 aromatic rings. The third-order valence-electron chi connectivity index (χ3n) is 2.24. The van der Waals surface area contributed by atoms with Gasteiger partial charge in [0.05, 0.1) is 17.2 Å². The van der Waals surface area contributed by atoms with Crippen molar-refractivity contribution in [2.24, 2.45) is 0 Å². The SMILES string of the molecule is COc1ccsc1C(=O)c1ccc(Cl)c(Cl)c1. The summed E-state index contributed by atoms with van der Waals surface area (Å²) in [6, 6.07) is 6.58. The minimum Gasteiger partial charge on any atom is -0.495 e. The molecule has 0 spiro atoms. The van der Waals surface area contributed by atoms with Crippen molar-refractivity contribution in [2.45, 2.75) is 0 Å². The Hall–Kier alpha value is -1.03. The maximum Gasteiger partial charge on any atom is 0.206 e. The van der Waals surface area contributed by atoms with Gasteiger partial charge in [0.25, 0.3) is 0 Å². The van der Waals surface area contributed by atoms with Gasteiger partial charge >= 0.3 is 0 Å². The standard InChI is InChI=1S/C12H8Cl2O2S/c1-16-10-4-5-17-12(10)11(15)7-2-3-8(13)9(14)6-7/h2-6H,1H3. The summed E-state index contributed by atoms with van der Waals surface area (Å²) >= 11 is 13.0. The fourth-order valence-electron chi connectivity index (χ4n) is 1.39. The van der Waals surface area contributed by atoms with Crippen molar-refractivity contribution in [2.75, 3.05) is 7.11 Å². The fraction of sp³-hybridized carbons (Fsp3) is 0.0833. The summed E-state index contributed by atoms with van der Waals surface area (Å²) in [4.78, 5) is 12.7. The van der Waals surface area contributed by atoms with Crippen LogP contribution in [0.2, 0.25) is 10.0 Å². The predicted octanol–water partition coefficient (Wildman–Crippen LogP) is 4.29. The number of hydrogen-bond acceptors (Lipinski definition) is 3. The van der Waals surface area contributed by atoms with Crippen LogP contribution in [0.25, 0.3) is 0 Å². The van der Waals surface area contributed by atoms with E-state index in [1.165, 1.54) is 18.4 Å². The Kier molecular flexibility index (Phi) is 3.72. The fourth-order valence-corrected chi connectivity index (χ4v) is 2.51. The lowest BCUT2D eigenvalue weighted by molar-refractivity contribution is 0.104. The molecule has 2 rings (SSSR count). The maximum absolute atomic E-state index is 12.2. The quantitative estimate of drug-likeness (QED) is 0.787. The third-order valence-corrected chi connectivity index (χ3v) is 3.87. The largest absolute Gasteiger partial charge is 0.495 e. The lowest BCUT2D eigenvalue weighted by Gasteiger charge is -2.03. The van der Waals surface area contributed by atoms with Crippen LogP contribution in [0.15, 0.2) is 29.6 Å². The zero-order valence-corrected chi connectivity index (χ0v) is 11.2. The summed E-state index contributed by atoms with van der Waals surface area (Å²) in [6.07, 6.45) is 0. The van der Waals surface area contributed by atoms with E-state index in [4.69, 9.17) is 27.9 Å². The minimum atomic E-state index is -0.115. The molecular weight excluding hydrogens is 279 g/mol. The van der Waals surface area contributed by atoms with Gasteiger partial charge in [-0.3, -0.25) is 4.79 Å². The number of benzene rings is 1. The third kappa shape index (κ3) is 2.46. The molecule has 0 atom stereocenters. The van der Waals surface area contributed by atoms with Crippen LogP contribution in [0.4, 0.5) is 0 Å². The molecule has 0 amide bonds. The average molecular weight is 287 g/mol. The molecule has 0 aliphatic heterocycles. The smallest absolute Gasteiger partial charge is 0.206 e. The molecule has 1 aromatic carbocycles. The number of carbonyl (C=O) groups excluding carboxylic acids is 1. The van der Waals surface area contributed by atoms with Crippen LogP contribution in [0, 0.1) is 0 Å². The Bertz CT molecular complexity index is 563. The van der Waals surface area contributed by atoms with Gasteiger partial charge in [-0.05, 0) is 29.6 Å². The van der Waals surface area contributed by atoms with E-state index in [1.54, 1.807) is 24.3 Å². The van der Waals surface area contributed by atoms with Crippen LogP contribution >= 0.6 is 34.5 Å². The molecule has 0 saturated heterocycles. The van der Waals surface area contributed by atoms with E-state index in [-0.39, 0.29) is 5.78 Å². The second-order valence-electron chi connectivity index (χ2n) is 3.28. The Morgan fingerprint density at radius 2 is 2.00 bits per heavy atom. The molecule has 17 heavy (non-hydrogen) atoms. The summed E-state index contributed by atoms with van der Waals surface area (Å²) < 4.78 is 5.11. The van der Waals surface area contributed by atoms with E-state index in [0.717, 1.165) is 0 Å². The van der Waals surface area contributed by atoms with Gasteiger partial charge in [0.2, 0.25) is 5.78 Å². The summed E-state index contributed by atoms with van der Waals surface area (Å²) in [5.74, 6) is 0.460. The van der Waals surface area contributed by atoms with Crippen LogP contribution in [0.5, 0.6) is 5.75 Å². The highest BCUT2D eigenvalue weighted by Crippen LogP contribution is 2.29.